The number of aryl methyl sites for hydroxylation is 2. The lowest BCUT2D eigenvalue weighted by atomic mass is 9.53. The van der Waals surface area contributed by atoms with Gasteiger partial charge in [-0.25, -0.2) is 0 Å². The molecule has 38 heavy (non-hydrogen) atoms. The number of fused-ring (bicyclic) bond motifs is 13. The SMILES string of the molecule is c1ccc2c(c1)-c1ccccc1C21c2ccc3c4c(ccc(c24)C12c1ccccc1-c1ccccc12)CC3. The fourth-order valence-electron chi connectivity index (χ4n) is 9.22. The highest BCUT2D eigenvalue weighted by atomic mass is 14.7. The maximum absolute atomic E-state index is 2.51. The van der Waals surface area contributed by atoms with E-state index >= 15 is 0 Å². The zero-order valence-corrected chi connectivity index (χ0v) is 21.0. The van der Waals surface area contributed by atoms with Crippen LogP contribution in [0.4, 0.5) is 0 Å². The van der Waals surface area contributed by atoms with Crippen LogP contribution >= 0.6 is 0 Å². The van der Waals surface area contributed by atoms with E-state index in [0.29, 0.717) is 0 Å². The van der Waals surface area contributed by atoms with Crippen LogP contribution in [0.25, 0.3) is 33.0 Å². The number of benzene rings is 6. The zero-order valence-electron chi connectivity index (χ0n) is 21.0. The second-order valence-corrected chi connectivity index (χ2v) is 11.5. The van der Waals surface area contributed by atoms with Gasteiger partial charge in [-0.05, 0) is 90.4 Å². The second-order valence-electron chi connectivity index (χ2n) is 11.5. The van der Waals surface area contributed by atoms with Crippen molar-refractivity contribution in [2.45, 2.75) is 23.7 Å². The quantitative estimate of drug-likeness (QED) is 0.204. The van der Waals surface area contributed by atoms with Gasteiger partial charge in [0.05, 0.1) is 10.8 Å². The van der Waals surface area contributed by atoms with Crippen LogP contribution in [0.2, 0.25) is 0 Å². The molecule has 0 aromatic heterocycles. The van der Waals surface area contributed by atoms with Crippen LogP contribution in [0.5, 0.6) is 0 Å². The summed E-state index contributed by atoms with van der Waals surface area (Å²) in [4.78, 5) is 0. The Morgan fingerprint density at radius 2 is 0.658 bits per heavy atom. The Morgan fingerprint density at radius 1 is 0.316 bits per heavy atom. The van der Waals surface area contributed by atoms with Gasteiger partial charge in [0.15, 0.2) is 0 Å². The van der Waals surface area contributed by atoms with Gasteiger partial charge in [-0.1, -0.05) is 121 Å². The van der Waals surface area contributed by atoms with Crippen molar-refractivity contribution >= 4 is 10.8 Å². The molecule has 0 heteroatoms. The summed E-state index contributed by atoms with van der Waals surface area (Å²) in [6.45, 7) is 0. The largest absolute Gasteiger partial charge is 0.0648 e. The summed E-state index contributed by atoms with van der Waals surface area (Å²) in [5, 5.41) is 3.04. The molecule has 0 nitrogen and oxygen atoms in total. The zero-order chi connectivity index (χ0) is 24.6. The third-order valence-corrected chi connectivity index (χ3v) is 10.3. The number of hydrogen-bond donors (Lipinski definition) is 0. The molecule has 10 rings (SSSR count). The van der Waals surface area contributed by atoms with E-state index in [0.717, 1.165) is 12.8 Å². The summed E-state index contributed by atoms with van der Waals surface area (Å²) in [7, 11) is 0. The van der Waals surface area contributed by atoms with Gasteiger partial charge in [0, 0.05) is 0 Å². The molecule has 0 saturated carbocycles. The minimum absolute atomic E-state index is 0.342. The van der Waals surface area contributed by atoms with E-state index in [9.17, 15) is 0 Å². The van der Waals surface area contributed by atoms with Crippen LogP contribution in [0.15, 0.2) is 121 Å². The van der Waals surface area contributed by atoms with Gasteiger partial charge >= 0.3 is 0 Å². The normalized spacial score (nSPS) is 17.2. The number of rotatable bonds is 0. The highest BCUT2D eigenvalue weighted by Gasteiger charge is 2.67. The molecule has 0 unspecified atom stereocenters. The van der Waals surface area contributed by atoms with E-state index in [-0.39, 0.29) is 10.8 Å². The summed E-state index contributed by atoms with van der Waals surface area (Å²) in [5.74, 6) is 0. The van der Waals surface area contributed by atoms with Gasteiger partial charge in [0.2, 0.25) is 0 Å². The Labute approximate surface area is 222 Å². The molecule has 0 heterocycles. The molecule has 2 spiro atoms. The molecule has 0 bridgehead atoms. The highest BCUT2D eigenvalue weighted by Crippen LogP contribution is 2.74. The topological polar surface area (TPSA) is 0 Å². The molecule has 4 aliphatic carbocycles. The van der Waals surface area contributed by atoms with Crippen molar-refractivity contribution in [3.63, 3.8) is 0 Å². The molecule has 0 radical (unpaired) electrons. The van der Waals surface area contributed by atoms with E-state index in [1.807, 2.05) is 0 Å². The molecule has 0 N–H and O–H groups in total. The molecule has 0 atom stereocenters. The third-order valence-electron chi connectivity index (χ3n) is 10.3. The summed E-state index contributed by atoms with van der Waals surface area (Å²) >= 11 is 0. The first kappa shape index (κ1) is 19.7. The van der Waals surface area contributed by atoms with Crippen molar-refractivity contribution in [3.05, 3.63) is 166 Å². The lowest BCUT2D eigenvalue weighted by Gasteiger charge is -2.46. The smallest absolute Gasteiger partial charge is 0.0619 e. The van der Waals surface area contributed by atoms with Crippen molar-refractivity contribution < 1.29 is 0 Å². The average Bonchev–Trinajstić information content (AvgIpc) is 3.69. The van der Waals surface area contributed by atoms with Crippen molar-refractivity contribution in [1.29, 1.82) is 0 Å². The maximum Gasteiger partial charge on any atom is 0.0648 e. The van der Waals surface area contributed by atoms with Gasteiger partial charge in [0.1, 0.15) is 0 Å². The van der Waals surface area contributed by atoms with Crippen LogP contribution in [0.3, 0.4) is 0 Å². The Kier molecular flexibility index (Phi) is 3.28. The monoisotopic (exact) mass is 480 g/mol. The fraction of sp³-hybridized carbons (Fsp3) is 0.105. The van der Waals surface area contributed by atoms with Crippen LogP contribution in [-0.2, 0) is 23.7 Å². The van der Waals surface area contributed by atoms with Crippen LogP contribution < -0.4 is 0 Å². The van der Waals surface area contributed by atoms with Crippen molar-refractivity contribution in [3.8, 4) is 22.3 Å². The summed E-state index contributed by atoms with van der Waals surface area (Å²) in [5.41, 5.74) is 16.6. The predicted octanol–water partition coefficient (Wildman–Crippen LogP) is 8.58. The maximum atomic E-state index is 2.51. The Hall–Kier alpha value is -4.42. The van der Waals surface area contributed by atoms with Crippen LogP contribution in [-0.4, -0.2) is 0 Å². The molecule has 0 amide bonds. The molecule has 0 aliphatic heterocycles. The van der Waals surface area contributed by atoms with Crippen molar-refractivity contribution in [2.24, 2.45) is 0 Å². The van der Waals surface area contributed by atoms with Crippen molar-refractivity contribution in [1.82, 2.24) is 0 Å². The lowest BCUT2D eigenvalue weighted by Crippen LogP contribution is -2.47. The minimum Gasteiger partial charge on any atom is -0.0619 e. The first-order chi connectivity index (χ1) is 18.9. The summed E-state index contributed by atoms with van der Waals surface area (Å²) in [6, 6.07) is 46.9. The second kappa shape index (κ2) is 6.34. The van der Waals surface area contributed by atoms with Crippen LogP contribution in [0, 0.1) is 0 Å². The van der Waals surface area contributed by atoms with Gasteiger partial charge in [-0.2, -0.15) is 0 Å². The number of hydrogen-bond acceptors (Lipinski definition) is 0. The molecule has 6 aromatic rings. The first-order valence-corrected chi connectivity index (χ1v) is 13.8. The van der Waals surface area contributed by atoms with Crippen LogP contribution in [0.1, 0.15) is 44.5 Å². The van der Waals surface area contributed by atoms with E-state index in [4.69, 9.17) is 0 Å². The van der Waals surface area contributed by atoms with Gasteiger partial charge < -0.3 is 0 Å². The highest BCUT2D eigenvalue weighted by molar-refractivity contribution is 6.07. The Morgan fingerprint density at radius 3 is 1.03 bits per heavy atom. The van der Waals surface area contributed by atoms with E-state index in [2.05, 4.69) is 121 Å². The first-order valence-electron chi connectivity index (χ1n) is 13.8. The lowest BCUT2D eigenvalue weighted by molar-refractivity contribution is 0.461. The minimum atomic E-state index is -0.342. The molecular weight excluding hydrogens is 456 g/mol. The van der Waals surface area contributed by atoms with E-state index in [1.54, 1.807) is 0 Å². The van der Waals surface area contributed by atoms with Crippen molar-refractivity contribution in [2.75, 3.05) is 0 Å². The average molecular weight is 481 g/mol. The summed E-state index contributed by atoms with van der Waals surface area (Å²) < 4.78 is 0. The molecule has 6 aromatic carbocycles. The molecular formula is C38H24. The van der Waals surface area contributed by atoms with E-state index in [1.165, 1.54) is 77.5 Å². The van der Waals surface area contributed by atoms with Gasteiger partial charge in [-0.3, -0.25) is 0 Å². The predicted molar refractivity (Wildman–Crippen MR) is 155 cm³/mol. The van der Waals surface area contributed by atoms with Gasteiger partial charge in [0.25, 0.3) is 0 Å². The third kappa shape index (κ3) is 1.81. The van der Waals surface area contributed by atoms with Gasteiger partial charge in [-0.15, -0.1) is 0 Å². The Bertz CT molecular complexity index is 1800. The molecule has 0 fully saturated rings. The summed E-state index contributed by atoms with van der Waals surface area (Å²) in [6.07, 6.45) is 2.30. The molecule has 4 aliphatic rings. The standard InChI is InChI=1S/C38H24/c1-5-13-29-25(9-1)26-10-2-6-14-30(26)37(29)33-21-19-23-17-18-24-20-22-34(36(33)35(23)24)38(37)31-15-7-3-11-27(31)28-12-4-8-16-32(28)38/h1-16,19-22H,17-18H2. The fourth-order valence-corrected chi connectivity index (χ4v) is 9.22. The van der Waals surface area contributed by atoms with E-state index < -0.39 is 0 Å². The molecule has 176 valence electrons. The molecule has 0 saturated heterocycles. The Balaban J connectivity index is 1.55.